The monoisotopic (exact) mass is 450 g/mol. The molecule has 0 atom stereocenters. The second-order valence-electron chi connectivity index (χ2n) is 5.88. The number of halogens is 2. The fraction of sp³-hybridized carbons (Fsp3) is 0.100. The summed E-state index contributed by atoms with van der Waals surface area (Å²) >= 11 is 17.3. The van der Waals surface area contributed by atoms with Crippen LogP contribution in [0.5, 0.6) is 5.75 Å². The van der Waals surface area contributed by atoms with Crippen molar-refractivity contribution in [2.75, 3.05) is 12.4 Å². The minimum absolute atomic E-state index is 0.0841. The van der Waals surface area contributed by atoms with Crippen molar-refractivity contribution in [3.05, 3.63) is 69.9 Å². The number of nitrogens with one attached hydrogen (secondary N) is 2. The number of ether oxygens (including phenoxy) is 1. The van der Waals surface area contributed by atoms with E-state index in [4.69, 9.17) is 49.7 Å². The first-order valence-electron chi connectivity index (χ1n) is 8.36. The molecule has 0 radical (unpaired) electrons. The third-order valence-electron chi connectivity index (χ3n) is 3.91. The highest BCUT2D eigenvalue weighted by atomic mass is 35.5. The van der Waals surface area contributed by atoms with E-state index in [1.165, 1.54) is 19.2 Å². The number of furan rings is 1. The number of methoxy groups -OCH3 is 1. The van der Waals surface area contributed by atoms with Gasteiger partial charge in [0.05, 0.1) is 17.7 Å². The van der Waals surface area contributed by atoms with E-state index in [0.717, 1.165) is 5.56 Å². The number of amides is 1. The Morgan fingerprint density at radius 1 is 1.21 bits per heavy atom. The molecule has 0 aliphatic heterocycles. The lowest BCUT2D eigenvalue weighted by Gasteiger charge is -2.13. The van der Waals surface area contributed by atoms with Gasteiger partial charge in [-0.25, -0.2) is 0 Å². The van der Waals surface area contributed by atoms with Gasteiger partial charge in [-0.3, -0.25) is 10.1 Å². The van der Waals surface area contributed by atoms with Crippen molar-refractivity contribution in [2.24, 2.45) is 0 Å². The van der Waals surface area contributed by atoms with Crippen molar-refractivity contribution in [3.8, 4) is 17.1 Å². The van der Waals surface area contributed by atoms with Crippen LogP contribution in [0.2, 0.25) is 10.0 Å². The maximum Gasteiger partial charge on any atom is 0.261 e. The van der Waals surface area contributed by atoms with Gasteiger partial charge in [0, 0.05) is 16.3 Å². The Kier molecular flexibility index (Phi) is 6.76. The lowest BCUT2D eigenvalue weighted by atomic mass is 10.1. The lowest BCUT2D eigenvalue weighted by Crippen LogP contribution is -2.34. The summed E-state index contributed by atoms with van der Waals surface area (Å²) in [5, 5.41) is 15.3. The van der Waals surface area contributed by atoms with E-state index in [1.807, 2.05) is 12.1 Å². The quantitative estimate of drug-likeness (QED) is 0.480. The van der Waals surface area contributed by atoms with Crippen LogP contribution >= 0.6 is 35.4 Å². The number of aliphatic hydroxyl groups excluding tert-OH is 1. The summed E-state index contributed by atoms with van der Waals surface area (Å²) in [5.41, 5.74) is 1.59. The molecule has 0 saturated heterocycles. The fourth-order valence-corrected chi connectivity index (χ4v) is 3.42. The van der Waals surface area contributed by atoms with Crippen LogP contribution in [0, 0.1) is 0 Å². The Balaban J connectivity index is 1.73. The molecule has 1 aromatic heterocycles. The van der Waals surface area contributed by atoms with E-state index >= 15 is 0 Å². The normalized spacial score (nSPS) is 10.5. The van der Waals surface area contributed by atoms with Crippen molar-refractivity contribution < 1.29 is 19.1 Å². The molecule has 6 nitrogen and oxygen atoms in total. The molecular formula is C20H16Cl2N2O4S. The van der Waals surface area contributed by atoms with E-state index < -0.39 is 5.91 Å². The summed E-state index contributed by atoms with van der Waals surface area (Å²) in [7, 11) is 1.41. The number of hydrogen-bond acceptors (Lipinski definition) is 5. The third-order valence-corrected chi connectivity index (χ3v) is 4.61. The zero-order valence-electron chi connectivity index (χ0n) is 15.2. The molecule has 3 N–H and O–H groups in total. The van der Waals surface area contributed by atoms with E-state index in [2.05, 4.69) is 10.6 Å². The van der Waals surface area contributed by atoms with Crippen LogP contribution in [-0.4, -0.2) is 23.2 Å². The SMILES string of the molecule is COc1c(Cl)cc(Cl)cc1C(=O)NC(=S)Nc1cccc(-c2ccc(CO)o2)c1. The molecule has 2 aromatic carbocycles. The maximum atomic E-state index is 12.6. The van der Waals surface area contributed by atoms with Crippen LogP contribution in [-0.2, 0) is 6.61 Å². The molecular weight excluding hydrogens is 435 g/mol. The highest BCUT2D eigenvalue weighted by molar-refractivity contribution is 7.80. The Labute approximate surface area is 182 Å². The Morgan fingerprint density at radius 2 is 2.00 bits per heavy atom. The average molecular weight is 451 g/mol. The Bertz CT molecular complexity index is 1070. The number of thiocarbonyl (C=S) groups is 1. The highest BCUT2D eigenvalue weighted by Crippen LogP contribution is 2.32. The second-order valence-corrected chi connectivity index (χ2v) is 7.13. The zero-order chi connectivity index (χ0) is 21.0. The van der Waals surface area contributed by atoms with Crippen LogP contribution in [0.1, 0.15) is 16.1 Å². The van der Waals surface area contributed by atoms with Gasteiger partial charge in [-0.1, -0.05) is 35.3 Å². The van der Waals surface area contributed by atoms with Gasteiger partial charge in [0.2, 0.25) is 0 Å². The molecule has 29 heavy (non-hydrogen) atoms. The number of benzene rings is 2. The maximum absolute atomic E-state index is 12.6. The van der Waals surface area contributed by atoms with Gasteiger partial charge < -0.3 is 19.6 Å². The summed E-state index contributed by atoms with van der Waals surface area (Å²) in [6, 6.07) is 13.6. The summed E-state index contributed by atoms with van der Waals surface area (Å²) in [5.74, 6) is 0.760. The van der Waals surface area contributed by atoms with E-state index in [-0.39, 0.29) is 28.1 Å². The number of anilines is 1. The number of aliphatic hydroxyl groups is 1. The standard InChI is InChI=1S/C20H16Cl2N2O4S/c1-27-18-15(8-12(21)9-16(18)22)19(26)24-20(29)23-13-4-2-3-11(7-13)17-6-5-14(10-25)28-17/h2-9,25H,10H2,1H3,(H2,23,24,26,29). The molecule has 0 saturated carbocycles. The molecule has 3 rings (SSSR count). The van der Waals surface area contributed by atoms with Gasteiger partial charge in [-0.15, -0.1) is 0 Å². The van der Waals surface area contributed by atoms with E-state index in [9.17, 15) is 4.79 Å². The summed E-state index contributed by atoms with van der Waals surface area (Å²) in [6.45, 7) is -0.176. The predicted molar refractivity (Wildman–Crippen MR) is 117 cm³/mol. The van der Waals surface area contributed by atoms with Crippen molar-refractivity contribution in [1.29, 1.82) is 0 Å². The van der Waals surface area contributed by atoms with Crippen molar-refractivity contribution in [2.45, 2.75) is 6.61 Å². The van der Waals surface area contributed by atoms with Gasteiger partial charge in [-0.05, 0) is 48.6 Å². The molecule has 3 aromatic rings. The number of carbonyl (C=O) groups is 1. The minimum atomic E-state index is -0.515. The first kappa shape index (κ1) is 21.1. The zero-order valence-corrected chi connectivity index (χ0v) is 17.5. The van der Waals surface area contributed by atoms with Crippen LogP contribution in [0.15, 0.2) is 52.9 Å². The number of carbonyl (C=O) groups excluding carboxylic acids is 1. The molecule has 0 bridgehead atoms. The highest BCUT2D eigenvalue weighted by Gasteiger charge is 2.18. The Morgan fingerprint density at radius 3 is 2.69 bits per heavy atom. The van der Waals surface area contributed by atoms with Crippen molar-refractivity contribution in [1.82, 2.24) is 5.32 Å². The summed E-state index contributed by atoms with van der Waals surface area (Å²) < 4.78 is 10.7. The van der Waals surface area contributed by atoms with Crippen LogP contribution < -0.4 is 15.4 Å². The molecule has 9 heteroatoms. The van der Waals surface area contributed by atoms with Crippen LogP contribution in [0.4, 0.5) is 5.69 Å². The average Bonchev–Trinajstić information content (AvgIpc) is 3.17. The summed E-state index contributed by atoms with van der Waals surface area (Å²) in [4.78, 5) is 12.6. The van der Waals surface area contributed by atoms with Crippen molar-refractivity contribution >= 4 is 52.1 Å². The molecule has 0 spiro atoms. The van der Waals surface area contributed by atoms with Gasteiger partial charge in [0.1, 0.15) is 23.9 Å². The molecule has 0 unspecified atom stereocenters. The molecule has 1 heterocycles. The van der Waals surface area contributed by atoms with Crippen LogP contribution in [0.3, 0.4) is 0 Å². The number of hydrogen-bond donors (Lipinski definition) is 3. The van der Waals surface area contributed by atoms with E-state index in [1.54, 1.807) is 24.3 Å². The third kappa shape index (κ3) is 5.07. The van der Waals surface area contributed by atoms with Gasteiger partial charge in [0.25, 0.3) is 5.91 Å². The summed E-state index contributed by atoms with van der Waals surface area (Å²) in [6.07, 6.45) is 0. The predicted octanol–water partition coefficient (Wildman–Crippen LogP) is 4.88. The van der Waals surface area contributed by atoms with Gasteiger partial charge in [0.15, 0.2) is 5.11 Å². The largest absolute Gasteiger partial charge is 0.494 e. The minimum Gasteiger partial charge on any atom is -0.494 e. The Hall–Kier alpha value is -2.58. The molecule has 150 valence electrons. The lowest BCUT2D eigenvalue weighted by molar-refractivity contribution is 0.0974. The fourth-order valence-electron chi connectivity index (χ4n) is 2.64. The van der Waals surface area contributed by atoms with Crippen molar-refractivity contribution in [3.63, 3.8) is 0 Å². The molecule has 0 fully saturated rings. The first-order valence-corrected chi connectivity index (χ1v) is 9.53. The van der Waals surface area contributed by atoms with Gasteiger partial charge in [-0.2, -0.15) is 0 Å². The molecule has 0 aliphatic carbocycles. The topological polar surface area (TPSA) is 83.7 Å². The van der Waals surface area contributed by atoms with Crippen LogP contribution in [0.25, 0.3) is 11.3 Å². The molecule has 0 aliphatic rings. The van der Waals surface area contributed by atoms with Gasteiger partial charge >= 0.3 is 0 Å². The second kappa shape index (κ2) is 9.28. The molecule has 1 amide bonds. The smallest absolute Gasteiger partial charge is 0.261 e. The van der Waals surface area contributed by atoms with E-state index in [0.29, 0.717) is 22.2 Å². The first-order chi connectivity index (χ1) is 13.9. The number of rotatable bonds is 5.